The second kappa shape index (κ2) is 9.08. The van der Waals surface area contributed by atoms with Crippen molar-refractivity contribution in [2.24, 2.45) is 0 Å². The van der Waals surface area contributed by atoms with Crippen LogP contribution < -0.4 is 4.74 Å². The van der Waals surface area contributed by atoms with Gasteiger partial charge in [0.1, 0.15) is 12.5 Å². The topological polar surface area (TPSA) is 53.3 Å². The molecule has 0 aliphatic carbocycles. The zero-order valence-electron chi connectivity index (χ0n) is 17.4. The number of ketones is 1. The highest BCUT2D eigenvalue weighted by Crippen LogP contribution is 2.30. The Morgan fingerprint density at radius 2 is 1.90 bits per heavy atom. The van der Waals surface area contributed by atoms with Crippen molar-refractivity contribution in [3.05, 3.63) is 59.8 Å². The summed E-state index contributed by atoms with van der Waals surface area (Å²) in [5.74, 6) is 5.81. The average Bonchev–Trinajstić information content (AvgIpc) is 3.12. The number of hydrogen-bond donors (Lipinski definition) is 0. The first-order chi connectivity index (χ1) is 13.9. The summed E-state index contributed by atoms with van der Waals surface area (Å²) in [4.78, 5) is 12.7. The van der Waals surface area contributed by atoms with Crippen LogP contribution in [-0.4, -0.2) is 37.4 Å². The van der Waals surface area contributed by atoms with E-state index in [1.165, 1.54) is 0 Å². The highest BCUT2D eigenvalue weighted by atomic mass is 28.3. The van der Waals surface area contributed by atoms with Crippen LogP contribution in [0.3, 0.4) is 0 Å². The minimum Gasteiger partial charge on any atom is -0.495 e. The van der Waals surface area contributed by atoms with Gasteiger partial charge in [-0.05, 0) is 36.2 Å². The number of carbonyl (C=O) groups excluding carboxylic acids is 1. The number of Topliss-reactive ketones (excluding diaryl/α,β-unsaturated/α-hetero) is 1. The van der Waals surface area contributed by atoms with E-state index in [2.05, 4.69) is 36.6 Å². The zero-order chi connectivity index (χ0) is 20.9. The highest BCUT2D eigenvalue weighted by Gasteiger charge is 2.17. The van der Waals surface area contributed by atoms with Gasteiger partial charge >= 0.3 is 0 Å². The van der Waals surface area contributed by atoms with Gasteiger partial charge in [-0.2, -0.15) is 5.10 Å². The number of fused-ring (bicyclic) bond motifs is 1. The fourth-order valence-corrected chi connectivity index (χ4v) is 3.63. The van der Waals surface area contributed by atoms with E-state index in [1.807, 2.05) is 36.4 Å². The molecule has 0 fully saturated rings. The Bertz CT molecular complexity index is 1060. The Hall–Kier alpha value is -2.88. The SMILES string of the molecule is COc1c(C(=O)C#Cc2ccccc2)ccc2c1cnn2COCC[Si](C)(C)C. The van der Waals surface area contributed by atoms with Crippen molar-refractivity contribution >= 4 is 24.8 Å². The van der Waals surface area contributed by atoms with Crippen LogP contribution in [0.25, 0.3) is 10.9 Å². The van der Waals surface area contributed by atoms with Crippen LogP contribution in [0.2, 0.25) is 25.7 Å². The fourth-order valence-electron chi connectivity index (χ4n) is 2.88. The molecular formula is C23H26N2O3Si. The maximum atomic E-state index is 12.7. The Labute approximate surface area is 172 Å². The summed E-state index contributed by atoms with van der Waals surface area (Å²) in [6.45, 7) is 8.06. The number of hydrogen-bond acceptors (Lipinski definition) is 4. The van der Waals surface area contributed by atoms with E-state index in [1.54, 1.807) is 24.1 Å². The molecule has 0 unspecified atom stereocenters. The Balaban J connectivity index is 1.80. The third kappa shape index (κ3) is 5.34. The third-order valence-electron chi connectivity index (χ3n) is 4.53. The molecule has 5 nitrogen and oxygen atoms in total. The molecule has 0 N–H and O–H groups in total. The van der Waals surface area contributed by atoms with Gasteiger partial charge in [0, 0.05) is 20.2 Å². The summed E-state index contributed by atoms with van der Waals surface area (Å²) in [6.07, 6.45) is 1.71. The van der Waals surface area contributed by atoms with Gasteiger partial charge in [0.25, 0.3) is 0 Å². The fraction of sp³-hybridized carbons (Fsp3) is 0.304. The molecule has 0 spiro atoms. The molecular weight excluding hydrogens is 380 g/mol. The first-order valence-electron chi connectivity index (χ1n) is 9.61. The molecule has 0 bridgehead atoms. The maximum Gasteiger partial charge on any atom is 0.240 e. The molecule has 150 valence electrons. The van der Waals surface area contributed by atoms with Gasteiger partial charge in [0.15, 0.2) is 0 Å². The molecule has 0 atom stereocenters. The van der Waals surface area contributed by atoms with Crippen LogP contribution in [0.5, 0.6) is 5.75 Å². The second-order valence-corrected chi connectivity index (χ2v) is 13.6. The number of carbonyl (C=O) groups is 1. The van der Waals surface area contributed by atoms with Crippen LogP contribution in [0.4, 0.5) is 0 Å². The van der Waals surface area contributed by atoms with Crippen LogP contribution in [0.15, 0.2) is 48.7 Å². The number of methoxy groups -OCH3 is 1. The van der Waals surface area contributed by atoms with Gasteiger partial charge in [0.2, 0.25) is 5.78 Å². The normalized spacial score (nSPS) is 11.2. The predicted octanol–water partition coefficient (Wildman–Crippen LogP) is 4.59. The molecule has 0 radical (unpaired) electrons. The molecule has 0 aliphatic rings. The molecule has 1 heterocycles. The molecule has 2 aromatic carbocycles. The minimum atomic E-state index is -1.13. The first-order valence-corrected chi connectivity index (χ1v) is 13.3. The van der Waals surface area contributed by atoms with Gasteiger partial charge in [0.05, 0.1) is 29.8 Å². The van der Waals surface area contributed by atoms with Crippen LogP contribution in [-0.2, 0) is 11.5 Å². The predicted molar refractivity (Wildman–Crippen MR) is 118 cm³/mol. The van der Waals surface area contributed by atoms with E-state index in [0.29, 0.717) is 18.0 Å². The molecule has 6 heteroatoms. The summed E-state index contributed by atoms with van der Waals surface area (Å²) < 4.78 is 13.1. The van der Waals surface area contributed by atoms with Crippen molar-refractivity contribution in [2.45, 2.75) is 32.4 Å². The van der Waals surface area contributed by atoms with Crippen molar-refractivity contribution in [1.82, 2.24) is 9.78 Å². The lowest BCUT2D eigenvalue weighted by Crippen LogP contribution is -2.22. The molecule has 29 heavy (non-hydrogen) atoms. The van der Waals surface area contributed by atoms with Gasteiger partial charge in [-0.15, -0.1) is 0 Å². The molecule has 0 amide bonds. The summed E-state index contributed by atoms with van der Waals surface area (Å²) in [5, 5.41) is 5.18. The van der Waals surface area contributed by atoms with Gasteiger partial charge in [-0.1, -0.05) is 43.8 Å². The van der Waals surface area contributed by atoms with E-state index in [-0.39, 0.29) is 5.78 Å². The number of rotatable bonds is 7. The molecule has 1 aromatic heterocycles. The largest absolute Gasteiger partial charge is 0.495 e. The smallest absolute Gasteiger partial charge is 0.240 e. The molecule has 0 aliphatic heterocycles. The van der Waals surface area contributed by atoms with E-state index >= 15 is 0 Å². The van der Waals surface area contributed by atoms with Crippen LogP contribution >= 0.6 is 0 Å². The van der Waals surface area contributed by atoms with Gasteiger partial charge in [-0.3, -0.25) is 4.79 Å². The second-order valence-electron chi connectivity index (χ2n) is 8.02. The van der Waals surface area contributed by atoms with Crippen molar-refractivity contribution in [2.75, 3.05) is 13.7 Å². The average molecular weight is 407 g/mol. The van der Waals surface area contributed by atoms with Crippen molar-refractivity contribution in [3.8, 4) is 17.6 Å². The molecule has 0 saturated heterocycles. The van der Waals surface area contributed by atoms with Crippen molar-refractivity contribution in [1.29, 1.82) is 0 Å². The monoisotopic (exact) mass is 406 g/mol. The van der Waals surface area contributed by atoms with Gasteiger partial charge in [-0.25, -0.2) is 4.68 Å². The van der Waals surface area contributed by atoms with Crippen LogP contribution in [0, 0.1) is 11.8 Å². The Morgan fingerprint density at radius 1 is 1.14 bits per heavy atom. The minimum absolute atomic E-state index is 0.285. The molecule has 0 saturated carbocycles. The zero-order valence-corrected chi connectivity index (χ0v) is 18.4. The first kappa shape index (κ1) is 20.8. The van der Waals surface area contributed by atoms with Crippen molar-refractivity contribution in [3.63, 3.8) is 0 Å². The number of ether oxygens (including phenoxy) is 2. The number of benzene rings is 2. The van der Waals surface area contributed by atoms with E-state index < -0.39 is 8.07 Å². The maximum absolute atomic E-state index is 12.7. The quantitative estimate of drug-likeness (QED) is 0.249. The van der Waals surface area contributed by atoms with E-state index in [4.69, 9.17) is 9.47 Å². The standard InChI is InChI=1S/C23H26N2O3Si/c1-27-23-19(22(26)13-10-18-8-6-5-7-9-18)11-12-21-20(23)16-24-25(21)17-28-14-15-29(2,3)4/h5-9,11-12,16H,14-15,17H2,1-4H3. The molecule has 3 rings (SSSR count). The van der Waals surface area contributed by atoms with E-state index in [9.17, 15) is 4.79 Å². The van der Waals surface area contributed by atoms with E-state index in [0.717, 1.165) is 29.1 Å². The lowest BCUT2D eigenvalue weighted by Gasteiger charge is -2.15. The lowest BCUT2D eigenvalue weighted by molar-refractivity contribution is 0.0817. The Morgan fingerprint density at radius 3 is 2.59 bits per heavy atom. The number of nitrogens with zero attached hydrogens (tertiary/aromatic N) is 2. The molecule has 3 aromatic rings. The highest BCUT2D eigenvalue weighted by molar-refractivity contribution is 6.76. The summed E-state index contributed by atoms with van der Waals surface area (Å²) in [7, 11) is 0.428. The summed E-state index contributed by atoms with van der Waals surface area (Å²) in [5.41, 5.74) is 2.09. The number of aromatic nitrogens is 2. The summed E-state index contributed by atoms with van der Waals surface area (Å²) in [6, 6.07) is 14.1. The third-order valence-corrected chi connectivity index (χ3v) is 6.23. The lowest BCUT2D eigenvalue weighted by atomic mass is 10.1. The van der Waals surface area contributed by atoms with Crippen LogP contribution in [0.1, 0.15) is 15.9 Å². The Kier molecular flexibility index (Phi) is 6.52. The summed E-state index contributed by atoms with van der Waals surface area (Å²) >= 11 is 0. The van der Waals surface area contributed by atoms with Crippen molar-refractivity contribution < 1.29 is 14.3 Å². The van der Waals surface area contributed by atoms with Gasteiger partial charge < -0.3 is 9.47 Å².